The maximum atomic E-state index is 12.9. The van der Waals surface area contributed by atoms with Gasteiger partial charge in [-0.2, -0.15) is 5.26 Å². The number of rotatable bonds is 8. The van der Waals surface area contributed by atoms with Crippen molar-refractivity contribution in [2.45, 2.75) is 40.2 Å². The first-order valence-electron chi connectivity index (χ1n) is 11.2. The SMILES string of the molecule is CCOC(=O)C1=C(C)OC(N)=C(C#N)[C@@H]1c1cc(COc2c(OC)cccc2OC)c(C)cc1C. The van der Waals surface area contributed by atoms with Gasteiger partial charge in [0.1, 0.15) is 24.0 Å². The van der Waals surface area contributed by atoms with Gasteiger partial charge in [0.15, 0.2) is 11.5 Å². The number of hydrogen-bond donors (Lipinski definition) is 1. The molecule has 0 aliphatic carbocycles. The van der Waals surface area contributed by atoms with Crippen molar-refractivity contribution < 1.29 is 28.5 Å². The summed E-state index contributed by atoms with van der Waals surface area (Å²) < 4.78 is 27.8. The van der Waals surface area contributed by atoms with Gasteiger partial charge in [-0.3, -0.25) is 0 Å². The van der Waals surface area contributed by atoms with Crippen molar-refractivity contribution in [1.82, 2.24) is 0 Å². The van der Waals surface area contributed by atoms with Gasteiger partial charge in [0, 0.05) is 0 Å². The Bertz CT molecular complexity index is 1220. The molecule has 0 aromatic heterocycles. The van der Waals surface area contributed by atoms with Crippen LogP contribution in [0.15, 0.2) is 53.1 Å². The Hall–Kier alpha value is -4.12. The third-order valence-electron chi connectivity index (χ3n) is 5.89. The predicted molar refractivity (Wildman–Crippen MR) is 130 cm³/mol. The molecule has 0 unspecified atom stereocenters. The fourth-order valence-electron chi connectivity index (χ4n) is 4.16. The molecule has 0 saturated heterocycles. The molecule has 0 bridgehead atoms. The molecule has 2 aromatic carbocycles. The zero-order valence-electron chi connectivity index (χ0n) is 20.9. The predicted octanol–water partition coefficient (Wildman–Crippen LogP) is 4.54. The number of methoxy groups -OCH3 is 2. The molecule has 0 spiro atoms. The maximum absolute atomic E-state index is 12.9. The largest absolute Gasteiger partial charge is 0.493 e. The number of hydrogen-bond acceptors (Lipinski definition) is 8. The Morgan fingerprint density at radius 2 is 1.77 bits per heavy atom. The molecule has 0 saturated carbocycles. The van der Waals surface area contributed by atoms with Crippen molar-refractivity contribution in [3.8, 4) is 23.3 Å². The third-order valence-corrected chi connectivity index (χ3v) is 5.89. The number of nitrogens with two attached hydrogens (primary N) is 1. The maximum Gasteiger partial charge on any atom is 0.338 e. The topological polar surface area (TPSA) is 113 Å². The average molecular weight is 479 g/mol. The fourth-order valence-corrected chi connectivity index (χ4v) is 4.16. The van der Waals surface area contributed by atoms with Crippen LogP contribution in [0.5, 0.6) is 17.2 Å². The monoisotopic (exact) mass is 478 g/mol. The van der Waals surface area contributed by atoms with Crippen LogP contribution in [0, 0.1) is 25.2 Å². The molecule has 0 amide bonds. The van der Waals surface area contributed by atoms with E-state index in [0.717, 1.165) is 22.3 Å². The van der Waals surface area contributed by atoms with Gasteiger partial charge in [0.2, 0.25) is 11.6 Å². The minimum atomic E-state index is -0.729. The van der Waals surface area contributed by atoms with Gasteiger partial charge in [-0.1, -0.05) is 18.2 Å². The van der Waals surface area contributed by atoms with E-state index in [1.807, 2.05) is 32.0 Å². The van der Waals surface area contributed by atoms with E-state index < -0.39 is 11.9 Å². The number of benzene rings is 2. The summed E-state index contributed by atoms with van der Waals surface area (Å²) in [6, 6.07) is 11.4. The second kappa shape index (κ2) is 10.9. The van der Waals surface area contributed by atoms with Gasteiger partial charge in [-0.05, 0) is 62.1 Å². The Morgan fingerprint density at radius 1 is 1.11 bits per heavy atom. The quantitative estimate of drug-likeness (QED) is 0.550. The van der Waals surface area contributed by atoms with E-state index in [4.69, 9.17) is 29.4 Å². The van der Waals surface area contributed by atoms with Gasteiger partial charge in [0.05, 0.1) is 32.3 Å². The van der Waals surface area contributed by atoms with Crippen molar-refractivity contribution in [1.29, 1.82) is 5.26 Å². The van der Waals surface area contributed by atoms with Crippen molar-refractivity contribution in [2.24, 2.45) is 5.73 Å². The van der Waals surface area contributed by atoms with Crippen LogP contribution in [0.1, 0.15) is 42.0 Å². The molecule has 184 valence electrons. The molecular formula is C27H30N2O6. The van der Waals surface area contributed by atoms with E-state index in [0.29, 0.717) is 23.0 Å². The molecule has 3 rings (SSSR count). The summed E-state index contributed by atoms with van der Waals surface area (Å²) >= 11 is 0. The first-order valence-corrected chi connectivity index (χ1v) is 11.2. The van der Waals surface area contributed by atoms with Crippen LogP contribution >= 0.6 is 0 Å². The smallest absolute Gasteiger partial charge is 0.338 e. The summed E-state index contributed by atoms with van der Waals surface area (Å²) in [5.74, 6) is 0.574. The van der Waals surface area contributed by atoms with Gasteiger partial charge < -0.3 is 29.4 Å². The zero-order chi connectivity index (χ0) is 25.7. The van der Waals surface area contributed by atoms with Gasteiger partial charge >= 0.3 is 5.97 Å². The number of carbonyl (C=O) groups excluding carboxylic acids is 1. The second-order valence-corrected chi connectivity index (χ2v) is 8.03. The van der Waals surface area contributed by atoms with E-state index in [1.165, 1.54) is 0 Å². The van der Waals surface area contributed by atoms with Crippen LogP contribution in [0.4, 0.5) is 0 Å². The lowest BCUT2D eigenvalue weighted by Gasteiger charge is -2.28. The van der Waals surface area contributed by atoms with Crippen LogP contribution < -0.4 is 19.9 Å². The Morgan fingerprint density at radius 3 is 2.34 bits per heavy atom. The van der Waals surface area contributed by atoms with Crippen LogP contribution in [0.3, 0.4) is 0 Å². The fraction of sp³-hybridized carbons (Fsp3) is 0.333. The van der Waals surface area contributed by atoms with E-state index in [9.17, 15) is 10.1 Å². The molecule has 1 heterocycles. The number of esters is 1. The molecule has 2 N–H and O–H groups in total. The van der Waals surface area contributed by atoms with Crippen molar-refractivity contribution in [3.05, 3.63) is 75.4 Å². The number of aryl methyl sites for hydroxylation is 2. The molecule has 35 heavy (non-hydrogen) atoms. The lowest BCUT2D eigenvalue weighted by Crippen LogP contribution is -2.26. The van der Waals surface area contributed by atoms with Crippen LogP contribution in [0.2, 0.25) is 0 Å². The highest BCUT2D eigenvalue weighted by molar-refractivity contribution is 5.92. The van der Waals surface area contributed by atoms with Crippen molar-refractivity contribution in [2.75, 3.05) is 20.8 Å². The van der Waals surface area contributed by atoms with Gasteiger partial charge in [0.25, 0.3) is 0 Å². The van der Waals surface area contributed by atoms with Crippen LogP contribution in [-0.2, 0) is 20.9 Å². The lowest BCUT2D eigenvalue weighted by molar-refractivity contribution is -0.139. The number of allylic oxidation sites excluding steroid dienone is 2. The molecular weight excluding hydrogens is 448 g/mol. The summed E-state index contributed by atoms with van der Waals surface area (Å²) in [4.78, 5) is 12.9. The minimum Gasteiger partial charge on any atom is -0.493 e. The molecule has 0 fully saturated rings. The number of ether oxygens (including phenoxy) is 5. The van der Waals surface area contributed by atoms with E-state index in [1.54, 1.807) is 40.2 Å². The first-order chi connectivity index (χ1) is 16.8. The summed E-state index contributed by atoms with van der Waals surface area (Å²) in [6.45, 7) is 7.66. The highest BCUT2D eigenvalue weighted by Crippen LogP contribution is 2.42. The molecule has 1 atom stereocenters. The summed E-state index contributed by atoms with van der Waals surface area (Å²) in [6.07, 6.45) is 0. The molecule has 1 aliphatic rings. The number of nitriles is 1. The van der Waals surface area contributed by atoms with Gasteiger partial charge in [-0.25, -0.2) is 4.79 Å². The molecule has 2 aromatic rings. The third kappa shape index (κ3) is 5.04. The van der Waals surface area contributed by atoms with Crippen molar-refractivity contribution >= 4 is 5.97 Å². The molecule has 0 radical (unpaired) electrons. The zero-order valence-corrected chi connectivity index (χ0v) is 20.9. The molecule has 1 aliphatic heterocycles. The van der Waals surface area contributed by atoms with Crippen LogP contribution in [-0.4, -0.2) is 26.8 Å². The molecule has 8 nitrogen and oxygen atoms in total. The van der Waals surface area contributed by atoms with Crippen molar-refractivity contribution in [3.63, 3.8) is 0 Å². The second-order valence-electron chi connectivity index (χ2n) is 8.03. The minimum absolute atomic E-state index is 0.0282. The standard InChI is InChI=1S/C27H30N2O6/c1-7-33-27(30)23-17(4)35-26(29)20(13-28)24(23)19-12-18(15(2)11-16(19)3)14-34-25-21(31-5)9-8-10-22(25)32-6/h8-12,24H,7,14,29H2,1-6H3/t24-/m0/s1. The summed E-state index contributed by atoms with van der Waals surface area (Å²) in [5, 5.41) is 9.90. The number of nitrogens with zero attached hydrogens (tertiary/aromatic N) is 1. The summed E-state index contributed by atoms with van der Waals surface area (Å²) in [5.41, 5.74) is 9.95. The van der Waals surface area contributed by atoms with E-state index in [-0.39, 0.29) is 30.2 Å². The first kappa shape index (κ1) is 25.5. The number of carbonyl (C=O) groups is 1. The Balaban J connectivity index is 2.09. The Labute approximate surface area is 205 Å². The lowest BCUT2D eigenvalue weighted by atomic mass is 9.80. The average Bonchev–Trinajstić information content (AvgIpc) is 2.83. The Kier molecular flexibility index (Phi) is 7.92. The van der Waals surface area contributed by atoms with E-state index in [2.05, 4.69) is 6.07 Å². The van der Waals surface area contributed by atoms with E-state index >= 15 is 0 Å². The highest BCUT2D eigenvalue weighted by Gasteiger charge is 2.37. The highest BCUT2D eigenvalue weighted by atomic mass is 16.5. The van der Waals surface area contributed by atoms with Gasteiger partial charge in [-0.15, -0.1) is 0 Å². The molecule has 8 heteroatoms. The normalized spacial score (nSPS) is 15.3. The number of para-hydroxylation sites is 1. The van der Waals surface area contributed by atoms with Crippen LogP contribution in [0.25, 0.3) is 0 Å². The summed E-state index contributed by atoms with van der Waals surface area (Å²) in [7, 11) is 3.13.